The highest BCUT2D eigenvalue weighted by Gasteiger charge is 2.45. The number of rotatable bonds is 3. The van der Waals surface area contributed by atoms with Crippen molar-refractivity contribution in [3.05, 3.63) is 34.9 Å². The van der Waals surface area contributed by atoms with Gasteiger partial charge in [-0.2, -0.15) is 0 Å². The van der Waals surface area contributed by atoms with Crippen LogP contribution in [-0.4, -0.2) is 12.1 Å². The van der Waals surface area contributed by atoms with Crippen LogP contribution in [0, 0.1) is 5.92 Å². The minimum Gasteiger partial charge on any atom is -0.311 e. The van der Waals surface area contributed by atoms with Crippen LogP contribution in [0.5, 0.6) is 0 Å². The standard InChI is InChI=1S/C16H24ClN/c1-12-9-10-16(12,11-18-15(2,3)4)13-5-7-14(17)8-6-13/h5-8,12,18H,9-11H2,1-4H3. The quantitative estimate of drug-likeness (QED) is 0.854. The Morgan fingerprint density at radius 3 is 2.28 bits per heavy atom. The van der Waals surface area contributed by atoms with E-state index in [9.17, 15) is 0 Å². The fraction of sp³-hybridized carbons (Fsp3) is 0.625. The molecule has 2 rings (SSSR count). The number of hydrogen-bond acceptors (Lipinski definition) is 1. The van der Waals surface area contributed by atoms with Crippen molar-refractivity contribution < 1.29 is 0 Å². The molecule has 2 atom stereocenters. The molecule has 0 radical (unpaired) electrons. The second-order valence-corrected chi connectivity index (χ2v) is 7.14. The van der Waals surface area contributed by atoms with Gasteiger partial charge in [-0.3, -0.25) is 0 Å². The van der Waals surface area contributed by atoms with Gasteiger partial charge < -0.3 is 5.32 Å². The van der Waals surface area contributed by atoms with Crippen LogP contribution in [0.1, 0.15) is 46.1 Å². The zero-order valence-electron chi connectivity index (χ0n) is 11.9. The van der Waals surface area contributed by atoms with E-state index < -0.39 is 0 Å². The van der Waals surface area contributed by atoms with Gasteiger partial charge in [-0.1, -0.05) is 30.7 Å². The second-order valence-electron chi connectivity index (χ2n) is 6.71. The molecule has 2 unspecified atom stereocenters. The van der Waals surface area contributed by atoms with E-state index in [1.165, 1.54) is 18.4 Å². The molecule has 0 spiro atoms. The minimum atomic E-state index is 0.175. The monoisotopic (exact) mass is 265 g/mol. The first-order valence-electron chi connectivity index (χ1n) is 6.85. The van der Waals surface area contributed by atoms with Gasteiger partial charge in [-0.15, -0.1) is 0 Å². The summed E-state index contributed by atoms with van der Waals surface area (Å²) in [6, 6.07) is 8.42. The fourth-order valence-electron chi connectivity index (χ4n) is 2.78. The van der Waals surface area contributed by atoms with E-state index in [0.29, 0.717) is 5.41 Å². The minimum absolute atomic E-state index is 0.175. The molecule has 2 heteroatoms. The second kappa shape index (κ2) is 4.86. The Bertz CT molecular complexity index is 404. The molecule has 0 saturated heterocycles. The maximum atomic E-state index is 5.99. The lowest BCUT2D eigenvalue weighted by Gasteiger charge is -2.50. The first-order chi connectivity index (χ1) is 8.33. The van der Waals surface area contributed by atoms with Gasteiger partial charge in [0.25, 0.3) is 0 Å². The fourth-order valence-corrected chi connectivity index (χ4v) is 2.91. The zero-order valence-corrected chi connectivity index (χ0v) is 12.6. The highest BCUT2D eigenvalue weighted by atomic mass is 35.5. The third-order valence-corrected chi connectivity index (χ3v) is 4.57. The first kappa shape index (κ1) is 13.9. The lowest BCUT2D eigenvalue weighted by molar-refractivity contribution is 0.124. The van der Waals surface area contributed by atoms with Crippen LogP contribution < -0.4 is 5.32 Å². The molecule has 1 aromatic rings. The molecule has 1 nitrogen and oxygen atoms in total. The first-order valence-corrected chi connectivity index (χ1v) is 7.22. The Hall–Kier alpha value is -0.530. The lowest BCUT2D eigenvalue weighted by atomic mass is 9.57. The van der Waals surface area contributed by atoms with Crippen LogP contribution >= 0.6 is 11.6 Å². The molecule has 1 fully saturated rings. The summed E-state index contributed by atoms with van der Waals surface area (Å²) in [6.45, 7) is 10.1. The van der Waals surface area contributed by atoms with Crippen molar-refractivity contribution >= 4 is 11.6 Å². The predicted molar refractivity (Wildman–Crippen MR) is 79.3 cm³/mol. The normalized spacial score (nSPS) is 27.9. The molecular formula is C16H24ClN. The van der Waals surface area contributed by atoms with E-state index >= 15 is 0 Å². The summed E-state index contributed by atoms with van der Waals surface area (Å²) in [5.74, 6) is 0.744. The number of hydrogen-bond donors (Lipinski definition) is 1. The van der Waals surface area contributed by atoms with Gasteiger partial charge in [0, 0.05) is 22.5 Å². The summed E-state index contributed by atoms with van der Waals surface area (Å²) >= 11 is 5.99. The highest BCUT2D eigenvalue weighted by Crippen LogP contribution is 2.48. The van der Waals surface area contributed by atoms with E-state index in [1.54, 1.807) is 0 Å². The topological polar surface area (TPSA) is 12.0 Å². The van der Waals surface area contributed by atoms with Crippen molar-refractivity contribution in [3.8, 4) is 0 Å². The van der Waals surface area contributed by atoms with E-state index in [4.69, 9.17) is 11.6 Å². The summed E-state index contributed by atoms with van der Waals surface area (Å²) in [6.07, 6.45) is 2.60. The van der Waals surface area contributed by atoms with Crippen molar-refractivity contribution in [1.82, 2.24) is 5.32 Å². The van der Waals surface area contributed by atoms with Crippen molar-refractivity contribution in [2.45, 2.75) is 51.5 Å². The Labute approximate surface area is 116 Å². The van der Waals surface area contributed by atoms with E-state index in [-0.39, 0.29) is 5.54 Å². The van der Waals surface area contributed by atoms with Crippen LogP contribution in [0.2, 0.25) is 5.02 Å². The molecule has 0 heterocycles. The molecule has 1 aromatic carbocycles. The Morgan fingerprint density at radius 2 is 1.89 bits per heavy atom. The molecule has 0 amide bonds. The average molecular weight is 266 g/mol. The largest absolute Gasteiger partial charge is 0.311 e. The van der Waals surface area contributed by atoms with Crippen LogP contribution in [0.15, 0.2) is 24.3 Å². The summed E-state index contributed by atoms with van der Waals surface area (Å²) in [5.41, 5.74) is 1.91. The molecule has 1 aliphatic carbocycles. The van der Waals surface area contributed by atoms with Gasteiger partial charge >= 0.3 is 0 Å². The molecule has 1 aliphatic rings. The third-order valence-electron chi connectivity index (χ3n) is 4.32. The van der Waals surface area contributed by atoms with Crippen LogP contribution in [0.25, 0.3) is 0 Å². The van der Waals surface area contributed by atoms with Gasteiger partial charge in [-0.25, -0.2) is 0 Å². The summed E-state index contributed by atoms with van der Waals surface area (Å²) < 4.78 is 0. The van der Waals surface area contributed by atoms with Crippen molar-refractivity contribution in [2.75, 3.05) is 6.54 Å². The molecule has 0 aliphatic heterocycles. The molecule has 18 heavy (non-hydrogen) atoms. The molecule has 1 saturated carbocycles. The third kappa shape index (κ3) is 2.73. The van der Waals surface area contributed by atoms with Crippen LogP contribution in [0.4, 0.5) is 0 Å². The molecule has 100 valence electrons. The van der Waals surface area contributed by atoms with Gasteiger partial charge in [0.15, 0.2) is 0 Å². The molecule has 0 bridgehead atoms. The van der Waals surface area contributed by atoms with E-state index in [1.807, 2.05) is 12.1 Å². The zero-order chi connectivity index (χ0) is 13.4. The smallest absolute Gasteiger partial charge is 0.0406 e. The maximum absolute atomic E-state index is 5.99. The van der Waals surface area contributed by atoms with E-state index in [0.717, 1.165) is 17.5 Å². The molecular weight excluding hydrogens is 242 g/mol. The van der Waals surface area contributed by atoms with E-state index in [2.05, 4.69) is 45.1 Å². The van der Waals surface area contributed by atoms with Gasteiger partial charge in [-0.05, 0) is 57.2 Å². The van der Waals surface area contributed by atoms with Crippen LogP contribution in [-0.2, 0) is 5.41 Å². The Balaban J connectivity index is 2.20. The van der Waals surface area contributed by atoms with Crippen molar-refractivity contribution in [2.24, 2.45) is 5.92 Å². The number of nitrogens with one attached hydrogen (secondary N) is 1. The highest BCUT2D eigenvalue weighted by molar-refractivity contribution is 6.30. The molecule has 1 N–H and O–H groups in total. The van der Waals surface area contributed by atoms with Gasteiger partial charge in [0.2, 0.25) is 0 Å². The SMILES string of the molecule is CC1CCC1(CNC(C)(C)C)c1ccc(Cl)cc1. The average Bonchev–Trinajstić information content (AvgIpc) is 2.28. The Morgan fingerprint density at radius 1 is 1.28 bits per heavy atom. The predicted octanol–water partition coefficient (Wildman–Crippen LogP) is 4.40. The molecule has 0 aromatic heterocycles. The summed E-state index contributed by atoms with van der Waals surface area (Å²) in [5, 5.41) is 4.50. The van der Waals surface area contributed by atoms with Crippen molar-refractivity contribution in [1.29, 1.82) is 0 Å². The van der Waals surface area contributed by atoms with Gasteiger partial charge in [0.1, 0.15) is 0 Å². The van der Waals surface area contributed by atoms with Crippen LogP contribution in [0.3, 0.4) is 0 Å². The summed E-state index contributed by atoms with van der Waals surface area (Å²) in [7, 11) is 0. The van der Waals surface area contributed by atoms with Crippen molar-refractivity contribution in [3.63, 3.8) is 0 Å². The Kier molecular flexibility index (Phi) is 3.75. The van der Waals surface area contributed by atoms with Gasteiger partial charge in [0.05, 0.1) is 0 Å². The number of halogens is 1. The lowest BCUT2D eigenvalue weighted by Crippen LogP contribution is -2.53. The summed E-state index contributed by atoms with van der Waals surface area (Å²) in [4.78, 5) is 0. The number of benzene rings is 1. The maximum Gasteiger partial charge on any atom is 0.0406 e.